The maximum Gasteiger partial charge on any atom is 0.344 e. The second-order valence-corrected chi connectivity index (χ2v) is 5.25. The predicted molar refractivity (Wildman–Crippen MR) is 98.8 cm³/mol. The van der Waals surface area contributed by atoms with Gasteiger partial charge in [-0.1, -0.05) is 36.4 Å². The van der Waals surface area contributed by atoms with Crippen LogP contribution in [0, 0.1) is 0 Å². The Morgan fingerprint density at radius 3 is 2.40 bits per heavy atom. The number of guanidine groups is 1. The number of nitrogens with zero attached hydrogens (tertiary/aromatic N) is 2. The second-order valence-electron chi connectivity index (χ2n) is 5.25. The first kappa shape index (κ1) is 16.2. The average molecular weight is 332 g/mol. The lowest BCUT2D eigenvalue weighted by molar-refractivity contribution is 0.0737. The molecule has 0 aliphatic carbocycles. The molecule has 6 heteroatoms. The molecular weight excluding hydrogens is 316 g/mol. The summed E-state index contributed by atoms with van der Waals surface area (Å²) in [4.78, 5) is 12.5. The molecule has 0 radical (unpaired) electrons. The fourth-order valence-corrected chi connectivity index (χ4v) is 2.35. The van der Waals surface area contributed by atoms with Crippen LogP contribution in [0.4, 0.5) is 0 Å². The highest BCUT2D eigenvalue weighted by molar-refractivity contribution is 6.05. The third-order valence-electron chi connectivity index (χ3n) is 3.48. The SMILES string of the molecule is NC(N)=NN=Cc1ccc(OC(=O)c2cccc3ccccc23)cc1. The molecule has 6 nitrogen and oxygen atoms in total. The Labute approximate surface area is 144 Å². The van der Waals surface area contributed by atoms with E-state index < -0.39 is 5.97 Å². The Morgan fingerprint density at radius 2 is 1.64 bits per heavy atom. The monoisotopic (exact) mass is 332 g/mol. The van der Waals surface area contributed by atoms with E-state index in [2.05, 4.69) is 10.2 Å². The van der Waals surface area contributed by atoms with E-state index in [9.17, 15) is 4.79 Å². The average Bonchev–Trinajstić information content (AvgIpc) is 2.62. The first-order valence-corrected chi connectivity index (χ1v) is 7.55. The maximum atomic E-state index is 12.5. The van der Waals surface area contributed by atoms with Crippen molar-refractivity contribution in [2.45, 2.75) is 0 Å². The van der Waals surface area contributed by atoms with Gasteiger partial charge in [-0.05, 0) is 46.7 Å². The number of benzene rings is 3. The molecule has 0 aliphatic heterocycles. The van der Waals surface area contributed by atoms with Gasteiger partial charge in [0.15, 0.2) is 0 Å². The predicted octanol–water partition coefficient (Wildman–Crippen LogP) is 2.67. The van der Waals surface area contributed by atoms with Crippen LogP contribution in [-0.2, 0) is 0 Å². The summed E-state index contributed by atoms with van der Waals surface area (Å²) in [6, 6.07) is 20.1. The number of nitrogens with two attached hydrogens (primary N) is 2. The highest BCUT2D eigenvalue weighted by atomic mass is 16.5. The molecule has 0 spiro atoms. The molecule has 0 unspecified atom stereocenters. The van der Waals surface area contributed by atoms with Crippen molar-refractivity contribution in [3.05, 3.63) is 77.9 Å². The standard InChI is InChI=1S/C19H16N4O2/c20-19(21)23-22-12-13-8-10-15(11-9-13)25-18(24)17-7-3-5-14-4-1-2-6-16(14)17/h1-12H,(H4,20,21,23). The molecule has 0 aromatic heterocycles. The van der Waals surface area contributed by atoms with Crippen molar-refractivity contribution in [3.8, 4) is 5.75 Å². The van der Waals surface area contributed by atoms with E-state index >= 15 is 0 Å². The van der Waals surface area contributed by atoms with Gasteiger partial charge in [-0.15, -0.1) is 5.10 Å². The lowest BCUT2D eigenvalue weighted by Crippen LogP contribution is -2.21. The van der Waals surface area contributed by atoms with Crippen LogP contribution >= 0.6 is 0 Å². The van der Waals surface area contributed by atoms with Crippen molar-refractivity contribution in [1.29, 1.82) is 0 Å². The van der Waals surface area contributed by atoms with Crippen molar-refractivity contribution in [2.24, 2.45) is 21.7 Å². The van der Waals surface area contributed by atoms with E-state index in [1.54, 1.807) is 30.3 Å². The summed E-state index contributed by atoms with van der Waals surface area (Å²) < 4.78 is 5.46. The quantitative estimate of drug-likeness (QED) is 0.252. The van der Waals surface area contributed by atoms with E-state index in [0.717, 1.165) is 16.3 Å². The Balaban J connectivity index is 1.77. The van der Waals surface area contributed by atoms with Crippen molar-refractivity contribution in [3.63, 3.8) is 0 Å². The zero-order valence-electron chi connectivity index (χ0n) is 13.3. The molecule has 4 N–H and O–H groups in total. The van der Waals surface area contributed by atoms with E-state index in [0.29, 0.717) is 11.3 Å². The van der Waals surface area contributed by atoms with Gasteiger partial charge in [-0.2, -0.15) is 5.10 Å². The number of carbonyl (C=O) groups is 1. The summed E-state index contributed by atoms with van der Waals surface area (Å²) in [5.74, 6) is -0.0764. The molecule has 0 bridgehead atoms. The highest BCUT2D eigenvalue weighted by Crippen LogP contribution is 2.21. The highest BCUT2D eigenvalue weighted by Gasteiger charge is 2.12. The largest absolute Gasteiger partial charge is 0.423 e. The number of carbonyl (C=O) groups excluding carboxylic acids is 1. The minimum absolute atomic E-state index is 0.114. The summed E-state index contributed by atoms with van der Waals surface area (Å²) in [5, 5.41) is 9.08. The van der Waals surface area contributed by atoms with E-state index in [1.807, 2.05) is 36.4 Å². The minimum Gasteiger partial charge on any atom is -0.423 e. The molecule has 0 atom stereocenters. The summed E-state index contributed by atoms with van der Waals surface area (Å²) in [7, 11) is 0. The molecule has 3 rings (SSSR count). The van der Waals surface area contributed by atoms with Gasteiger partial charge in [0.25, 0.3) is 0 Å². The number of hydrogen-bond acceptors (Lipinski definition) is 4. The molecule has 0 saturated heterocycles. The molecule has 0 aliphatic rings. The van der Waals surface area contributed by atoms with Crippen LogP contribution in [0.5, 0.6) is 5.75 Å². The zero-order valence-corrected chi connectivity index (χ0v) is 13.3. The molecule has 25 heavy (non-hydrogen) atoms. The van der Waals surface area contributed by atoms with Crippen molar-refractivity contribution in [2.75, 3.05) is 0 Å². The van der Waals surface area contributed by atoms with Crippen LogP contribution in [0.1, 0.15) is 15.9 Å². The third kappa shape index (κ3) is 4.00. The molecule has 0 saturated carbocycles. The summed E-state index contributed by atoms with van der Waals surface area (Å²) in [5.41, 5.74) is 11.7. The number of hydrogen-bond donors (Lipinski definition) is 2. The lowest BCUT2D eigenvalue weighted by Gasteiger charge is -2.07. The van der Waals surface area contributed by atoms with Crippen molar-refractivity contribution < 1.29 is 9.53 Å². The van der Waals surface area contributed by atoms with Gasteiger partial charge in [0, 0.05) is 0 Å². The van der Waals surface area contributed by atoms with Gasteiger partial charge in [0.2, 0.25) is 5.96 Å². The molecule has 124 valence electrons. The van der Waals surface area contributed by atoms with Gasteiger partial charge in [-0.3, -0.25) is 0 Å². The molecular formula is C19H16N4O2. The van der Waals surface area contributed by atoms with Gasteiger partial charge in [0.1, 0.15) is 5.75 Å². The van der Waals surface area contributed by atoms with E-state index in [4.69, 9.17) is 16.2 Å². The fourth-order valence-electron chi connectivity index (χ4n) is 2.35. The molecule has 0 amide bonds. The van der Waals surface area contributed by atoms with Gasteiger partial charge >= 0.3 is 5.97 Å². The summed E-state index contributed by atoms with van der Waals surface area (Å²) >= 11 is 0. The molecule has 0 fully saturated rings. The Morgan fingerprint density at radius 1 is 0.920 bits per heavy atom. The van der Waals surface area contributed by atoms with E-state index in [-0.39, 0.29) is 5.96 Å². The molecule has 3 aromatic rings. The van der Waals surface area contributed by atoms with E-state index in [1.165, 1.54) is 6.21 Å². The van der Waals surface area contributed by atoms with Gasteiger partial charge in [-0.25, -0.2) is 4.79 Å². The number of ether oxygens (including phenoxy) is 1. The smallest absolute Gasteiger partial charge is 0.344 e. The molecule has 0 heterocycles. The summed E-state index contributed by atoms with van der Waals surface area (Å²) in [6.07, 6.45) is 1.50. The summed E-state index contributed by atoms with van der Waals surface area (Å²) in [6.45, 7) is 0. The molecule has 3 aromatic carbocycles. The first-order valence-electron chi connectivity index (χ1n) is 7.55. The van der Waals surface area contributed by atoms with Gasteiger partial charge < -0.3 is 16.2 Å². The first-order chi connectivity index (χ1) is 12.1. The lowest BCUT2D eigenvalue weighted by atomic mass is 10.0. The minimum atomic E-state index is -0.404. The Kier molecular flexibility index (Phi) is 4.71. The van der Waals surface area contributed by atoms with Crippen LogP contribution in [0.3, 0.4) is 0 Å². The number of esters is 1. The fraction of sp³-hybridized carbons (Fsp3) is 0. The van der Waals surface area contributed by atoms with Crippen LogP contribution in [0.15, 0.2) is 76.9 Å². The number of fused-ring (bicyclic) bond motifs is 1. The normalized spacial score (nSPS) is 10.7. The third-order valence-corrected chi connectivity index (χ3v) is 3.48. The van der Waals surface area contributed by atoms with Gasteiger partial charge in [0.05, 0.1) is 11.8 Å². The maximum absolute atomic E-state index is 12.5. The van der Waals surface area contributed by atoms with Crippen LogP contribution in [-0.4, -0.2) is 18.1 Å². The van der Waals surface area contributed by atoms with Crippen LogP contribution in [0.25, 0.3) is 10.8 Å². The number of rotatable bonds is 4. The van der Waals surface area contributed by atoms with Crippen molar-refractivity contribution >= 4 is 28.9 Å². The van der Waals surface area contributed by atoms with Crippen molar-refractivity contribution in [1.82, 2.24) is 0 Å². The van der Waals surface area contributed by atoms with Crippen LogP contribution in [0.2, 0.25) is 0 Å². The van der Waals surface area contributed by atoms with Crippen LogP contribution < -0.4 is 16.2 Å². The zero-order chi connectivity index (χ0) is 17.6. The Bertz CT molecular complexity index is 953. The topological polar surface area (TPSA) is 103 Å². The second kappa shape index (κ2) is 7.27. The Hall–Kier alpha value is -3.67.